The number of hydrogen-bond acceptors (Lipinski definition) is 5. The molecule has 0 atom stereocenters. The number of ether oxygens (including phenoxy) is 2. The molecule has 6 heteroatoms. The van der Waals surface area contributed by atoms with Crippen LogP contribution in [0.3, 0.4) is 0 Å². The number of amides is 1. The van der Waals surface area contributed by atoms with E-state index in [9.17, 15) is 4.79 Å². The van der Waals surface area contributed by atoms with Crippen molar-refractivity contribution in [1.82, 2.24) is 5.43 Å². The molecule has 0 bridgehead atoms. The summed E-state index contributed by atoms with van der Waals surface area (Å²) in [5, 5.41) is 3.76. The molecule has 0 unspecified atom stereocenters. The smallest absolute Gasteiger partial charge is 0.277 e. The number of carbonyl (C=O) groups is 1. The van der Waals surface area contributed by atoms with E-state index in [0.717, 1.165) is 0 Å². The zero-order valence-corrected chi connectivity index (χ0v) is 11.6. The Morgan fingerprint density at radius 3 is 2.67 bits per heavy atom. The van der Waals surface area contributed by atoms with Crippen LogP contribution in [-0.4, -0.2) is 25.3 Å². The average molecular weight is 288 g/mol. The standard InChI is InChI=1S/C15H16N2O4/c1-2-19-13-7-3-4-8-14(13)21-11-15(18)17-16-10-12-6-5-9-20-12/h3-10H,2,11H2,1H3,(H,17,18)/b16-10+. The van der Waals surface area contributed by atoms with Crippen LogP contribution in [0.25, 0.3) is 0 Å². The summed E-state index contributed by atoms with van der Waals surface area (Å²) in [5.74, 6) is 1.30. The fourth-order valence-electron chi connectivity index (χ4n) is 1.55. The second kappa shape index (κ2) is 7.74. The summed E-state index contributed by atoms with van der Waals surface area (Å²) >= 11 is 0. The van der Waals surface area contributed by atoms with Crippen LogP contribution in [0.2, 0.25) is 0 Å². The number of rotatable bonds is 7. The lowest BCUT2D eigenvalue weighted by atomic mass is 10.3. The topological polar surface area (TPSA) is 73.1 Å². The molecule has 0 spiro atoms. The number of carbonyl (C=O) groups excluding carboxylic acids is 1. The van der Waals surface area contributed by atoms with E-state index in [4.69, 9.17) is 13.9 Å². The van der Waals surface area contributed by atoms with Crippen LogP contribution in [-0.2, 0) is 4.79 Å². The van der Waals surface area contributed by atoms with Crippen LogP contribution < -0.4 is 14.9 Å². The summed E-state index contributed by atoms with van der Waals surface area (Å²) in [6.07, 6.45) is 2.93. The fourth-order valence-corrected chi connectivity index (χ4v) is 1.55. The molecule has 1 N–H and O–H groups in total. The molecule has 2 rings (SSSR count). The predicted octanol–water partition coefficient (Wildman–Crippen LogP) is 2.21. The number of nitrogens with zero attached hydrogens (tertiary/aromatic N) is 1. The normalized spacial score (nSPS) is 10.5. The van der Waals surface area contributed by atoms with Gasteiger partial charge in [0.2, 0.25) is 0 Å². The molecule has 6 nitrogen and oxygen atoms in total. The Kier molecular flexibility index (Phi) is 5.40. The third kappa shape index (κ3) is 4.68. The highest BCUT2D eigenvalue weighted by atomic mass is 16.5. The van der Waals surface area contributed by atoms with Crippen LogP contribution in [0, 0.1) is 0 Å². The van der Waals surface area contributed by atoms with Crippen molar-refractivity contribution in [2.45, 2.75) is 6.92 Å². The van der Waals surface area contributed by atoms with Gasteiger partial charge in [-0.25, -0.2) is 5.43 Å². The highest BCUT2D eigenvalue weighted by molar-refractivity contribution is 5.81. The van der Waals surface area contributed by atoms with Gasteiger partial charge in [-0.2, -0.15) is 5.10 Å². The van der Waals surface area contributed by atoms with Gasteiger partial charge in [0.05, 0.1) is 19.1 Å². The molecule has 0 aliphatic rings. The SMILES string of the molecule is CCOc1ccccc1OCC(=O)N/N=C/c1ccco1. The van der Waals surface area contributed by atoms with Crippen LogP contribution in [0.15, 0.2) is 52.2 Å². The van der Waals surface area contributed by atoms with E-state index in [2.05, 4.69) is 10.5 Å². The van der Waals surface area contributed by atoms with E-state index >= 15 is 0 Å². The van der Waals surface area contributed by atoms with Gasteiger partial charge in [0.25, 0.3) is 5.91 Å². The molecule has 1 aromatic heterocycles. The first-order chi connectivity index (χ1) is 10.3. The number of furan rings is 1. The minimum Gasteiger partial charge on any atom is -0.490 e. The first-order valence-electron chi connectivity index (χ1n) is 6.49. The maximum Gasteiger partial charge on any atom is 0.277 e. The highest BCUT2D eigenvalue weighted by Gasteiger charge is 2.06. The fraction of sp³-hybridized carbons (Fsp3) is 0.200. The largest absolute Gasteiger partial charge is 0.490 e. The van der Waals surface area contributed by atoms with Crippen molar-refractivity contribution in [1.29, 1.82) is 0 Å². The van der Waals surface area contributed by atoms with Crippen molar-refractivity contribution in [2.24, 2.45) is 5.10 Å². The summed E-state index contributed by atoms with van der Waals surface area (Å²) in [6.45, 7) is 2.26. The molecule has 110 valence electrons. The van der Waals surface area contributed by atoms with Crippen LogP contribution >= 0.6 is 0 Å². The van der Waals surface area contributed by atoms with E-state index in [-0.39, 0.29) is 12.5 Å². The molecule has 21 heavy (non-hydrogen) atoms. The zero-order valence-electron chi connectivity index (χ0n) is 11.6. The van der Waals surface area contributed by atoms with Gasteiger partial charge in [0.15, 0.2) is 18.1 Å². The van der Waals surface area contributed by atoms with Gasteiger partial charge >= 0.3 is 0 Å². The van der Waals surface area contributed by atoms with Crippen LogP contribution in [0.1, 0.15) is 12.7 Å². The summed E-state index contributed by atoms with van der Waals surface area (Å²) < 4.78 is 15.8. The van der Waals surface area contributed by atoms with Crippen LogP contribution in [0.5, 0.6) is 11.5 Å². The van der Waals surface area contributed by atoms with Gasteiger partial charge in [0, 0.05) is 0 Å². The minimum atomic E-state index is -0.371. The van der Waals surface area contributed by atoms with Crippen molar-refractivity contribution in [2.75, 3.05) is 13.2 Å². The van der Waals surface area contributed by atoms with Gasteiger partial charge in [-0.3, -0.25) is 4.79 Å². The van der Waals surface area contributed by atoms with Gasteiger partial charge in [-0.05, 0) is 31.2 Å². The number of hydrogen-bond donors (Lipinski definition) is 1. The predicted molar refractivity (Wildman–Crippen MR) is 77.6 cm³/mol. The van der Waals surface area contributed by atoms with E-state index in [1.807, 2.05) is 19.1 Å². The Morgan fingerprint density at radius 1 is 1.24 bits per heavy atom. The molecule has 1 heterocycles. The molecule has 0 aliphatic heterocycles. The van der Waals surface area contributed by atoms with Gasteiger partial charge in [-0.1, -0.05) is 12.1 Å². The summed E-state index contributed by atoms with van der Waals surface area (Å²) in [7, 11) is 0. The van der Waals surface area contributed by atoms with Crippen molar-refractivity contribution < 1.29 is 18.7 Å². The lowest BCUT2D eigenvalue weighted by molar-refractivity contribution is -0.123. The lowest BCUT2D eigenvalue weighted by Gasteiger charge is -2.10. The van der Waals surface area contributed by atoms with Crippen molar-refractivity contribution in [3.63, 3.8) is 0 Å². The Bertz CT molecular complexity index is 593. The average Bonchev–Trinajstić information content (AvgIpc) is 3.00. The Hall–Kier alpha value is -2.76. The summed E-state index contributed by atoms with van der Waals surface area (Å²) in [5.41, 5.74) is 2.35. The monoisotopic (exact) mass is 288 g/mol. The van der Waals surface area contributed by atoms with Crippen LogP contribution in [0.4, 0.5) is 0 Å². The number of hydrazone groups is 1. The first kappa shape index (κ1) is 14.6. The summed E-state index contributed by atoms with van der Waals surface area (Å²) in [6, 6.07) is 10.6. The number of para-hydroxylation sites is 2. The van der Waals surface area contributed by atoms with Crippen molar-refractivity contribution in [3.05, 3.63) is 48.4 Å². The Morgan fingerprint density at radius 2 is 2.00 bits per heavy atom. The molecule has 0 saturated carbocycles. The number of benzene rings is 1. The van der Waals surface area contributed by atoms with Gasteiger partial charge in [0.1, 0.15) is 5.76 Å². The maximum atomic E-state index is 11.6. The maximum absolute atomic E-state index is 11.6. The Labute approximate surface area is 122 Å². The van der Waals surface area contributed by atoms with E-state index in [0.29, 0.717) is 23.9 Å². The molecule has 1 amide bonds. The molecular weight excluding hydrogens is 272 g/mol. The zero-order chi connectivity index (χ0) is 14.9. The highest BCUT2D eigenvalue weighted by Crippen LogP contribution is 2.26. The third-order valence-corrected chi connectivity index (χ3v) is 2.43. The van der Waals surface area contributed by atoms with E-state index in [1.165, 1.54) is 12.5 Å². The van der Waals surface area contributed by atoms with E-state index in [1.54, 1.807) is 24.3 Å². The van der Waals surface area contributed by atoms with Crippen molar-refractivity contribution >= 4 is 12.1 Å². The van der Waals surface area contributed by atoms with Gasteiger partial charge < -0.3 is 13.9 Å². The van der Waals surface area contributed by atoms with E-state index < -0.39 is 0 Å². The minimum absolute atomic E-state index is 0.153. The molecule has 0 radical (unpaired) electrons. The first-order valence-corrected chi connectivity index (χ1v) is 6.49. The lowest BCUT2D eigenvalue weighted by Crippen LogP contribution is -2.24. The number of nitrogens with one attached hydrogen (secondary N) is 1. The molecule has 0 aliphatic carbocycles. The molecule has 0 fully saturated rings. The molecule has 1 aromatic carbocycles. The second-order valence-electron chi connectivity index (χ2n) is 3.98. The second-order valence-corrected chi connectivity index (χ2v) is 3.98. The summed E-state index contributed by atoms with van der Waals surface area (Å²) in [4.78, 5) is 11.6. The molecule has 0 saturated heterocycles. The quantitative estimate of drug-likeness (QED) is 0.626. The van der Waals surface area contributed by atoms with Crippen molar-refractivity contribution in [3.8, 4) is 11.5 Å². The third-order valence-electron chi connectivity index (χ3n) is 2.43. The molecule has 2 aromatic rings. The molecular formula is C15H16N2O4. The van der Waals surface area contributed by atoms with Gasteiger partial charge in [-0.15, -0.1) is 0 Å². The Balaban J connectivity index is 1.81.